The van der Waals surface area contributed by atoms with Gasteiger partial charge >= 0.3 is 0 Å². The molecule has 0 aromatic carbocycles. The Morgan fingerprint density at radius 2 is 2.15 bits per heavy atom. The quantitative estimate of drug-likeness (QED) is 0.592. The fourth-order valence-corrected chi connectivity index (χ4v) is 1.82. The predicted molar refractivity (Wildman–Crippen MR) is 47.8 cm³/mol. The normalized spacial score (nSPS) is 42.8. The molecule has 2 heterocycles. The largest absolute Gasteiger partial charge is 0.388 e. The summed E-state index contributed by atoms with van der Waals surface area (Å²) in [6, 6.07) is 0. The number of ether oxygens (including phenoxy) is 2. The van der Waals surface area contributed by atoms with Crippen LogP contribution in [-0.4, -0.2) is 41.5 Å². The molecule has 0 aromatic heterocycles. The van der Waals surface area contributed by atoms with E-state index in [2.05, 4.69) is 4.99 Å². The highest BCUT2D eigenvalue weighted by atomic mass is 16.8. The molecule has 1 N–H and O–H groups in total. The number of nitrogens with zero attached hydrogens (tertiary/aromatic N) is 1. The lowest BCUT2D eigenvalue weighted by Crippen LogP contribution is -2.44. The number of aliphatic hydroxyl groups is 1. The van der Waals surface area contributed by atoms with Crippen LogP contribution in [-0.2, 0) is 9.47 Å². The highest BCUT2D eigenvalue weighted by molar-refractivity contribution is 5.88. The minimum Gasteiger partial charge on any atom is -0.388 e. The maximum absolute atomic E-state index is 9.62. The summed E-state index contributed by atoms with van der Waals surface area (Å²) in [6.07, 6.45) is -0.943. The van der Waals surface area contributed by atoms with E-state index < -0.39 is 11.9 Å². The Kier molecular flexibility index (Phi) is 1.94. The van der Waals surface area contributed by atoms with E-state index >= 15 is 0 Å². The number of hydrogen-bond acceptors (Lipinski definition) is 4. The highest BCUT2D eigenvalue weighted by Gasteiger charge is 2.47. The second-order valence-electron chi connectivity index (χ2n) is 4.07. The number of rotatable bonds is 0. The molecule has 0 aromatic rings. The SMILES string of the molecule is CC1=NCC(O)C2OC(C)(C)OC12. The van der Waals surface area contributed by atoms with Crippen molar-refractivity contribution in [1.29, 1.82) is 0 Å². The summed E-state index contributed by atoms with van der Waals surface area (Å²) in [4.78, 5) is 4.18. The smallest absolute Gasteiger partial charge is 0.164 e. The second kappa shape index (κ2) is 2.77. The third-order valence-corrected chi connectivity index (χ3v) is 2.45. The maximum Gasteiger partial charge on any atom is 0.164 e. The molecule has 0 aliphatic carbocycles. The Morgan fingerprint density at radius 3 is 2.77 bits per heavy atom. The first-order valence-corrected chi connectivity index (χ1v) is 4.54. The van der Waals surface area contributed by atoms with E-state index in [4.69, 9.17) is 9.47 Å². The number of fused-ring (bicyclic) bond motifs is 1. The van der Waals surface area contributed by atoms with Crippen molar-refractivity contribution in [2.75, 3.05) is 6.54 Å². The van der Waals surface area contributed by atoms with E-state index in [1.807, 2.05) is 20.8 Å². The third-order valence-electron chi connectivity index (χ3n) is 2.45. The van der Waals surface area contributed by atoms with Gasteiger partial charge in [0.25, 0.3) is 0 Å². The average Bonchev–Trinajstić information content (AvgIpc) is 2.35. The van der Waals surface area contributed by atoms with Crippen LogP contribution < -0.4 is 0 Å². The minimum atomic E-state index is -0.600. The van der Waals surface area contributed by atoms with Gasteiger partial charge in [0.05, 0.1) is 6.54 Å². The topological polar surface area (TPSA) is 51.1 Å². The molecule has 2 aliphatic rings. The van der Waals surface area contributed by atoms with Crippen LogP contribution in [0.15, 0.2) is 4.99 Å². The van der Waals surface area contributed by atoms with Gasteiger partial charge in [-0.05, 0) is 20.8 Å². The fourth-order valence-electron chi connectivity index (χ4n) is 1.82. The molecule has 2 rings (SSSR count). The molecule has 13 heavy (non-hydrogen) atoms. The Hall–Kier alpha value is -0.450. The molecule has 3 atom stereocenters. The van der Waals surface area contributed by atoms with Crippen LogP contribution in [0.1, 0.15) is 20.8 Å². The first-order chi connectivity index (χ1) is 5.99. The second-order valence-corrected chi connectivity index (χ2v) is 4.07. The Labute approximate surface area is 77.6 Å². The minimum absolute atomic E-state index is 0.168. The molecular weight excluding hydrogens is 170 g/mol. The zero-order valence-electron chi connectivity index (χ0n) is 8.15. The van der Waals surface area contributed by atoms with Crippen molar-refractivity contribution in [3.8, 4) is 0 Å². The summed E-state index contributed by atoms with van der Waals surface area (Å²) < 4.78 is 11.2. The Morgan fingerprint density at radius 1 is 1.46 bits per heavy atom. The first-order valence-electron chi connectivity index (χ1n) is 4.54. The Balaban J connectivity index is 2.23. The Bertz CT molecular complexity index is 249. The average molecular weight is 185 g/mol. The molecule has 0 radical (unpaired) electrons. The lowest BCUT2D eigenvalue weighted by molar-refractivity contribution is -0.151. The summed E-state index contributed by atoms with van der Waals surface area (Å²) in [7, 11) is 0. The van der Waals surface area contributed by atoms with Gasteiger partial charge in [-0.3, -0.25) is 4.99 Å². The van der Waals surface area contributed by atoms with E-state index in [9.17, 15) is 5.11 Å². The summed E-state index contributed by atoms with van der Waals surface area (Å²) in [6.45, 7) is 6.04. The van der Waals surface area contributed by atoms with E-state index in [-0.39, 0.29) is 12.2 Å². The first kappa shape index (κ1) is 9.12. The monoisotopic (exact) mass is 185 g/mol. The third kappa shape index (κ3) is 1.49. The van der Waals surface area contributed by atoms with Crippen LogP contribution in [0, 0.1) is 0 Å². The molecule has 0 amide bonds. The van der Waals surface area contributed by atoms with Gasteiger partial charge in [-0.2, -0.15) is 0 Å². The highest BCUT2D eigenvalue weighted by Crippen LogP contribution is 2.32. The van der Waals surface area contributed by atoms with Crippen LogP contribution in [0.2, 0.25) is 0 Å². The van der Waals surface area contributed by atoms with Gasteiger partial charge < -0.3 is 14.6 Å². The predicted octanol–water partition coefficient (Wildman–Crippen LogP) is 0.342. The van der Waals surface area contributed by atoms with Crippen molar-refractivity contribution < 1.29 is 14.6 Å². The molecule has 0 bridgehead atoms. The van der Waals surface area contributed by atoms with Crippen molar-refractivity contribution >= 4 is 5.71 Å². The molecule has 2 aliphatic heterocycles. The number of hydrogen-bond donors (Lipinski definition) is 1. The lowest BCUT2D eigenvalue weighted by Gasteiger charge is -2.25. The number of aliphatic imine (C=N–C) groups is 1. The molecule has 0 spiro atoms. The zero-order valence-corrected chi connectivity index (χ0v) is 8.15. The summed E-state index contributed by atoms with van der Waals surface area (Å²) in [5.41, 5.74) is 0.917. The van der Waals surface area contributed by atoms with Crippen molar-refractivity contribution in [1.82, 2.24) is 0 Å². The van der Waals surface area contributed by atoms with Gasteiger partial charge in [0.15, 0.2) is 5.79 Å². The van der Waals surface area contributed by atoms with Gasteiger partial charge in [-0.25, -0.2) is 0 Å². The van der Waals surface area contributed by atoms with Gasteiger partial charge in [-0.1, -0.05) is 0 Å². The fraction of sp³-hybridized carbons (Fsp3) is 0.889. The molecule has 1 fully saturated rings. The summed E-state index contributed by atoms with van der Waals surface area (Å²) >= 11 is 0. The molecule has 0 saturated carbocycles. The van der Waals surface area contributed by atoms with Gasteiger partial charge in [0.1, 0.15) is 18.3 Å². The maximum atomic E-state index is 9.62. The standard InChI is InChI=1S/C9H15NO3/c1-5-7-8(6(11)4-10-5)13-9(2,3)12-7/h6-8,11H,4H2,1-3H3. The van der Waals surface area contributed by atoms with E-state index in [0.717, 1.165) is 5.71 Å². The number of aliphatic hydroxyl groups excluding tert-OH is 1. The van der Waals surface area contributed by atoms with Crippen LogP contribution in [0.4, 0.5) is 0 Å². The van der Waals surface area contributed by atoms with Gasteiger partial charge in [0, 0.05) is 5.71 Å². The van der Waals surface area contributed by atoms with E-state index in [0.29, 0.717) is 6.54 Å². The molecule has 4 heteroatoms. The van der Waals surface area contributed by atoms with Gasteiger partial charge in [-0.15, -0.1) is 0 Å². The molecule has 74 valence electrons. The van der Waals surface area contributed by atoms with Crippen molar-refractivity contribution in [2.45, 2.75) is 44.9 Å². The van der Waals surface area contributed by atoms with Crippen molar-refractivity contribution in [3.05, 3.63) is 0 Å². The van der Waals surface area contributed by atoms with Crippen molar-refractivity contribution in [3.63, 3.8) is 0 Å². The zero-order chi connectivity index (χ0) is 9.64. The lowest BCUT2D eigenvalue weighted by atomic mass is 10.0. The van der Waals surface area contributed by atoms with E-state index in [1.165, 1.54) is 0 Å². The van der Waals surface area contributed by atoms with Crippen LogP contribution in [0.3, 0.4) is 0 Å². The van der Waals surface area contributed by atoms with Crippen LogP contribution in [0.5, 0.6) is 0 Å². The molecule has 4 nitrogen and oxygen atoms in total. The van der Waals surface area contributed by atoms with E-state index in [1.54, 1.807) is 0 Å². The molecule has 3 unspecified atom stereocenters. The molecule has 1 saturated heterocycles. The van der Waals surface area contributed by atoms with Crippen LogP contribution >= 0.6 is 0 Å². The summed E-state index contributed by atoms with van der Waals surface area (Å²) in [5, 5.41) is 9.62. The molecular formula is C9H15NO3. The summed E-state index contributed by atoms with van der Waals surface area (Å²) in [5.74, 6) is -0.600. The van der Waals surface area contributed by atoms with Crippen LogP contribution in [0.25, 0.3) is 0 Å². The van der Waals surface area contributed by atoms with Crippen molar-refractivity contribution in [2.24, 2.45) is 4.99 Å². The van der Waals surface area contributed by atoms with Gasteiger partial charge in [0.2, 0.25) is 0 Å².